The zero-order valence-electron chi connectivity index (χ0n) is 17.2. The van der Waals surface area contributed by atoms with E-state index in [9.17, 15) is 21.6 Å². The summed E-state index contributed by atoms with van der Waals surface area (Å²) in [6.07, 6.45) is 3.80. The highest BCUT2D eigenvalue weighted by Gasteiger charge is 2.63. The Balaban J connectivity index is 1.54. The summed E-state index contributed by atoms with van der Waals surface area (Å²) in [4.78, 5) is 13.0. The Morgan fingerprint density at radius 2 is 1.53 bits per heavy atom. The Morgan fingerprint density at radius 3 is 2.17 bits per heavy atom. The second-order valence-corrected chi connectivity index (χ2v) is 12.2. The second-order valence-electron chi connectivity index (χ2n) is 10.1. The normalized spacial score (nSPS) is 46.7. The lowest BCUT2D eigenvalue weighted by atomic mass is 9.45. The van der Waals surface area contributed by atoms with Gasteiger partial charge in [-0.3, -0.25) is 13.9 Å². The maximum absolute atomic E-state index is 13.0. The molecule has 8 atom stereocenters. The molecule has 0 bridgehead atoms. The molecule has 4 aliphatic carbocycles. The minimum Gasteiger partial charge on any atom is -0.296 e. The molecule has 9 nitrogen and oxygen atoms in total. The van der Waals surface area contributed by atoms with Gasteiger partial charge in [0.25, 0.3) is 0 Å². The van der Waals surface area contributed by atoms with Gasteiger partial charge >= 0.3 is 20.8 Å². The zero-order valence-corrected chi connectivity index (χ0v) is 18.8. The first kappa shape index (κ1) is 22.6. The summed E-state index contributed by atoms with van der Waals surface area (Å²) in [5, 5.41) is 0. The van der Waals surface area contributed by atoms with Gasteiger partial charge in [0.2, 0.25) is 0 Å². The van der Waals surface area contributed by atoms with Crippen molar-refractivity contribution in [2.75, 3.05) is 0 Å². The van der Waals surface area contributed by atoms with Crippen LogP contribution in [0.5, 0.6) is 0 Å². The molecule has 4 rings (SSSR count). The van der Waals surface area contributed by atoms with Crippen LogP contribution in [0.1, 0.15) is 65.2 Å². The lowest BCUT2D eigenvalue weighted by Gasteiger charge is -2.60. The van der Waals surface area contributed by atoms with E-state index >= 15 is 0 Å². The summed E-state index contributed by atoms with van der Waals surface area (Å²) < 4.78 is 72.3. The minimum absolute atomic E-state index is 0.0000630. The Kier molecular flexibility index (Phi) is 5.43. The van der Waals surface area contributed by atoms with Crippen LogP contribution >= 0.6 is 0 Å². The number of carbonyl (C=O) groups excluding carboxylic acids is 1. The van der Waals surface area contributed by atoms with Crippen LogP contribution in [0.4, 0.5) is 0 Å². The molecule has 0 saturated heterocycles. The molecule has 4 aliphatic rings. The van der Waals surface area contributed by atoms with Gasteiger partial charge in [-0.25, -0.2) is 8.37 Å². The Bertz CT molecular complexity index is 930. The third-order valence-corrected chi connectivity index (χ3v) is 9.82. The van der Waals surface area contributed by atoms with Crippen LogP contribution in [-0.2, 0) is 34.0 Å². The molecular formula is C19H30O9S2. The molecule has 0 aromatic rings. The van der Waals surface area contributed by atoms with Crippen molar-refractivity contribution in [3.8, 4) is 0 Å². The predicted octanol–water partition coefficient (Wildman–Crippen LogP) is 2.58. The average Bonchev–Trinajstić information content (AvgIpc) is 2.84. The first-order valence-corrected chi connectivity index (χ1v) is 13.3. The molecule has 0 heterocycles. The van der Waals surface area contributed by atoms with E-state index in [-0.39, 0.29) is 29.0 Å². The number of Topliss-reactive ketones (excluding diaryl/α,β-unsaturated/α-hetero) is 1. The molecule has 0 spiro atoms. The maximum atomic E-state index is 13.0. The number of hydrogen-bond donors (Lipinski definition) is 2. The number of fused-ring (bicyclic) bond motifs is 5. The van der Waals surface area contributed by atoms with Crippen LogP contribution in [0.2, 0.25) is 0 Å². The van der Waals surface area contributed by atoms with Gasteiger partial charge in [-0.05, 0) is 80.5 Å². The van der Waals surface area contributed by atoms with Gasteiger partial charge in [-0.15, -0.1) is 0 Å². The predicted molar refractivity (Wildman–Crippen MR) is 105 cm³/mol. The highest BCUT2D eigenvalue weighted by Crippen LogP contribution is 2.65. The van der Waals surface area contributed by atoms with Crippen molar-refractivity contribution >= 4 is 26.6 Å². The molecule has 2 N–H and O–H groups in total. The summed E-state index contributed by atoms with van der Waals surface area (Å²) in [6.45, 7) is 4.14. The molecule has 0 radical (unpaired) electrons. The summed E-state index contributed by atoms with van der Waals surface area (Å²) >= 11 is 0. The van der Waals surface area contributed by atoms with Crippen LogP contribution in [0, 0.1) is 34.5 Å². The monoisotopic (exact) mass is 466 g/mol. The molecule has 172 valence electrons. The van der Waals surface area contributed by atoms with E-state index < -0.39 is 38.4 Å². The molecule has 11 heteroatoms. The van der Waals surface area contributed by atoms with Crippen LogP contribution in [0.15, 0.2) is 0 Å². The van der Waals surface area contributed by atoms with E-state index in [0.29, 0.717) is 31.6 Å². The second kappa shape index (κ2) is 7.21. The highest BCUT2D eigenvalue weighted by molar-refractivity contribution is 7.81. The number of rotatable bonds is 4. The Morgan fingerprint density at radius 1 is 0.867 bits per heavy atom. The summed E-state index contributed by atoms with van der Waals surface area (Å²) in [7, 11) is -9.17. The fraction of sp³-hybridized carbons (Fsp3) is 0.947. The van der Waals surface area contributed by atoms with Crippen molar-refractivity contribution in [2.45, 2.75) is 77.4 Å². The quantitative estimate of drug-likeness (QED) is 0.597. The molecule has 0 unspecified atom stereocenters. The van der Waals surface area contributed by atoms with E-state index in [1.165, 1.54) is 0 Å². The molecule has 0 aromatic heterocycles. The smallest absolute Gasteiger partial charge is 0.296 e. The molecule has 0 aliphatic heterocycles. The Labute approximate surface area is 177 Å². The maximum Gasteiger partial charge on any atom is 0.398 e. The van der Waals surface area contributed by atoms with Crippen molar-refractivity contribution in [1.82, 2.24) is 0 Å². The van der Waals surface area contributed by atoms with Gasteiger partial charge in [0.05, 0.1) is 6.10 Å². The largest absolute Gasteiger partial charge is 0.398 e. The van der Waals surface area contributed by atoms with Crippen LogP contribution in [-0.4, -0.2) is 43.9 Å². The van der Waals surface area contributed by atoms with Crippen molar-refractivity contribution < 1.29 is 39.1 Å². The lowest BCUT2D eigenvalue weighted by molar-refractivity contribution is -0.143. The van der Waals surface area contributed by atoms with Gasteiger partial charge < -0.3 is 0 Å². The average molecular weight is 467 g/mol. The van der Waals surface area contributed by atoms with E-state index in [1.54, 1.807) is 0 Å². The topological polar surface area (TPSA) is 144 Å². The molecule has 4 saturated carbocycles. The van der Waals surface area contributed by atoms with E-state index in [2.05, 4.69) is 6.92 Å². The van der Waals surface area contributed by atoms with Gasteiger partial charge in [0, 0.05) is 5.41 Å². The summed E-state index contributed by atoms with van der Waals surface area (Å²) in [6, 6.07) is 0. The molecule has 0 amide bonds. The third-order valence-electron chi connectivity index (χ3n) is 8.83. The third kappa shape index (κ3) is 3.86. The first-order chi connectivity index (χ1) is 13.7. The highest BCUT2D eigenvalue weighted by atomic mass is 32.3. The van der Waals surface area contributed by atoms with Gasteiger partial charge in [0.1, 0.15) is 6.10 Å². The first-order valence-electron chi connectivity index (χ1n) is 10.6. The fourth-order valence-corrected chi connectivity index (χ4v) is 8.45. The number of ketones is 1. The van der Waals surface area contributed by atoms with E-state index in [0.717, 1.165) is 25.7 Å². The van der Waals surface area contributed by atoms with Gasteiger partial charge in [-0.2, -0.15) is 16.8 Å². The molecule has 0 aromatic carbocycles. The van der Waals surface area contributed by atoms with E-state index in [1.807, 2.05) is 6.92 Å². The molecular weight excluding hydrogens is 436 g/mol. The Hall–Kier alpha value is -0.590. The lowest BCUT2D eigenvalue weighted by Crippen LogP contribution is -2.54. The van der Waals surface area contributed by atoms with Crippen molar-refractivity contribution in [2.24, 2.45) is 34.5 Å². The zero-order chi connectivity index (χ0) is 22.1. The van der Waals surface area contributed by atoms with Crippen LogP contribution in [0.3, 0.4) is 0 Å². The summed E-state index contributed by atoms with van der Waals surface area (Å²) in [5.41, 5.74) is -0.667. The van der Waals surface area contributed by atoms with Crippen LogP contribution in [0.25, 0.3) is 0 Å². The van der Waals surface area contributed by atoms with Gasteiger partial charge in [-0.1, -0.05) is 13.8 Å². The van der Waals surface area contributed by atoms with Gasteiger partial charge in [0.15, 0.2) is 5.78 Å². The van der Waals surface area contributed by atoms with Crippen molar-refractivity contribution in [3.05, 3.63) is 0 Å². The van der Waals surface area contributed by atoms with E-state index in [4.69, 9.17) is 17.5 Å². The summed E-state index contributed by atoms with van der Waals surface area (Å²) in [5.74, 6) is 0.632. The number of carbonyl (C=O) groups is 1. The molecule has 4 fully saturated rings. The van der Waals surface area contributed by atoms with Crippen LogP contribution < -0.4 is 0 Å². The fourth-order valence-electron chi connectivity index (χ4n) is 7.47. The number of hydrogen-bond acceptors (Lipinski definition) is 7. The minimum atomic E-state index is -4.70. The van der Waals surface area contributed by atoms with Crippen molar-refractivity contribution in [3.63, 3.8) is 0 Å². The standard InChI is InChI=1S/C19H30O9S2/c1-18-7-5-12(27-29(21,22)23)9-11(18)3-4-13-14(18)6-8-19(2)15(13)10-16(17(19)20)28-30(24,25)26/h11-16H,3-10H2,1-2H3,(H,21,22,23)(H,24,25,26)/t11-,12+,13+,14-,15-,16+,18-,19-/m0/s1. The molecule has 30 heavy (non-hydrogen) atoms. The van der Waals surface area contributed by atoms with Crippen molar-refractivity contribution in [1.29, 1.82) is 0 Å². The SMILES string of the molecule is C[C@]12CC[C@@H](OS(=O)(=O)O)C[C@@H]1CC[C@@H]1[C@@H]2CC[C@]2(C)C(=O)[C@H](OS(=O)(=O)O)C[C@@H]12.